The van der Waals surface area contributed by atoms with Crippen molar-refractivity contribution in [1.82, 2.24) is 4.90 Å². The third kappa shape index (κ3) is 3.82. The Morgan fingerprint density at radius 2 is 2.06 bits per heavy atom. The van der Waals surface area contributed by atoms with Gasteiger partial charge in [-0.1, -0.05) is 0 Å². The van der Waals surface area contributed by atoms with Crippen molar-refractivity contribution >= 4 is 39.9 Å². The average molecular weight is 383 g/mol. The number of nitrogens with two attached hydrogens (primary N) is 1. The van der Waals surface area contributed by atoms with Gasteiger partial charge >= 0.3 is 6.03 Å². The molecule has 0 spiro atoms. The van der Waals surface area contributed by atoms with Crippen LogP contribution >= 0.6 is 21.2 Å². The topological polar surface area (TPSA) is 92.5 Å². The molecule has 0 fully saturated rings. The molecular formula is C10H14IN3O3S. The van der Waals surface area contributed by atoms with Crippen molar-refractivity contribution < 1.29 is 13.2 Å². The summed E-state index contributed by atoms with van der Waals surface area (Å²) in [5.74, 6) is 0. The minimum absolute atomic E-state index is 0.0865. The molecule has 0 heterocycles. The predicted molar refractivity (Wildman–Crippen MR) is 78.2 cm³/mol. The summed E-state index contributed by atoms with van der Waals surface area (Å²) in [5, 5.41) is 2.63. The van der Waals surface area contributed by atoms with Gasteiger partial charge in [0.1, 0.15) is 0 Å². The first-order valence-corrected chi connectivity index (χ1v) is 9.04. The quantitative estimate of drug-likeness (QED) is 0.609. The fraction of sp³-hybridized carbons (Fsp3) is 0.300. The molecule has 0 aromatic heterocycles. The molecule has 0 unspecified atom stereocenters. The summed E-state index contributed by atoms with van der Waals surface area (Å²) in [6, 6.07) is 4.25. The Balaban J connectivity index is 3.11. The van der Waals surface area contributed by atoms with Crippen LogP contribution in [0.25, 0.3) is 0 Å². The summed E-state index contributed by atoms with van der Waals surface area (Å²) in [6.07, 6.45) is 0. The van der Waals surface area contributed by atoms with Gasteiger partial charge in [0.15, 0.2) is 0 Å². The highest BCUT2D eigenvalue weighted by Crippen LogP contribution is 2.24. The highest BCUT2D eigenvalue weighted by molar-refractivity contribution is 14.2. The van der Waals surface area contributed by atoms with Gasteiger partial charge < -0.3 is 16.0 Å². The van der Waals surface area contributed by atoms with E-state index in [0.717, 1.165) is 0 Å². The van der Waals surface area contributed by atoms with Crippen molar-refractivity contribution in [3.8, 4) is 0 Å². The molecule has 3 N–H and O–H groups in total. The molecule has 1 rings (SSSR count). The van der Waals surface area contributed by atoms with Crippen molar-refractivity contribution in [1.29, 1.82) is 0 Å². The number of halogens is 1. The standard InChI is InChI=1S/C10H14IN3O3S/c1-14(2)10(15)13-8-3-4-9(18(11,16)17)7(5-8)6-12/h3-5H,6,12H2,1-2H3,(H,13,15). The molecule has 6 nitrogen and oxygen atoms in total. The maximum atomic E-state index is 11.5. The van der Waals surface area contributed by atoms with E-state index in [0.29, 0.717) is 11.3 Å². The predicted octanol–water partition coefficient (Wildman–Crippen LogP) is 1.36. The van der Waals surface area contributed by atoms with Gasteiger partial charge in [-0.25, -0.2) is 13.2 Å². The lowest BCUT2D eigenvalue weighted by Crippen LogP contribution is -2.27. The number of benzene rings is 1. The highest BCUT2D eigenvalue weighted by Gasteiger charge is 2.15. The second kappa shape index (κ2) is 5.85. The van der Waals surface area contributed by atoms with E-state index >= 15 is 0 Å². The van der Waals surface area contributed by atoms with Crippen LogP contribution in [0.1, 0.15) is 5.56 Å². The third-order valence-corrected chi connectivity index (χ3v) is 4.55. The summed E-state index contributed by atoms with van der Waals surface area (Å²) >= 11 is 1.36. The normalized spacial score (nSPS) is 11.1. The third-order valence-electron chi connectivity index (χ3n) is 2.20. The van der Waals surface area contributed by atoms with E-state index in [1.807, 2.05) is 0 Å². The molecule has 0 saturated carbocycles. The van der Waals surface area contributed by atoms with Crippen molar-refractivity contribution in [2.45, 2.75) is 11.4 Å². The number of nitrogens with zero attached hydrogens (tertiary/aromatic N) is 1. The molecule has 2 amide bonds. The van der Waals surface area contributed by atoms with Crippen molar-refractivity contribution in [3.05, 3.63) is 23.8 Å². The molecule has 0 bridgehead atoms. The summed E-state index contributed by atoms with van der Waals surface area (Å²) in [4.78, 5) is 13.0. The molecule has 0 aliphatic carbocycles. The lowest BCUT2D eigenvalue weighted by Gasteiger charge is -2.13. The second-order valence-corrected chi connectivity index (χ2v) is 8.58. The number of anilines is 1. The Morgan fingerprint density at radius 3 is 2.50 bits per heavy atom. The minimum Gasteiger partial charge on any atom is -0.331 e. The molecule has 0 radical (unpaired) electrons. The van der Waals surface area contributed by atoms with Crippen LogP contribution in [0.5, 0.6) is 0 Å². The van der Waals surface area contributed by atoms with E-state index < -0.39 is 7.01 Å². The fourth-order valence-electron chi connectivity index (χ4n) is 1.29. The largest absolute Gasteiger partial charge is 0.331 e. The van der Waals surface area contributed by atoms with Gasteiger partial charge in [-0.2, -0.15) is 0 Å². The first kappa shape index (κ1) is 15.2. The molecule has 8 heteroatoms. The van der Waals surface area contributed by atoms with E-state index in [1.54, 1.807) is 20.2 Å². The maximum absolute atomic E-state index is 11.5. The molecule has 18 heavy (non-hydrogen) atoms. The second-order valence-electron chi connectivity index (χ2n) is 3.79. The average Bonchev–Trinajstić information content (AvgIpc) is 2.27. The Hall–Kier alpha value is -0.870. The minimum atomic E-state index is -3.34. The Bertz CT molecular complexity index is 557. The first-order chi connectivity index (χ1) is 8.25. The maximum Gasteiger partial charge on any atom is 0.321 e. The molecule has 1 aromatic rings. The number of amides is 2. The zero-order valence-electron chi connectivity index (χ0n) is 9.97. The zero-order valence-corrected chi connectivity index (χ0v) is 12.9. The van der Waals surface area contributed by atoms with Crippen LogP contribution < -0.4 is 11.1 Å². The SMILES string of the molecule is CN(C)C(=O)Nc1ccc(S(=O)(=O)I)c(CN)c1. The molecule has 0 saturated heterocycles. The van der Waals surface area contributed by atoms with E-state index in [4.69, 9.17) is 5.73 Å². The Morgan fingerprint density at radius 1 is 1.44 bits per heavy atom. The molecule has 0 aliphatic rings. The molecule has 1 aromatic carbocycles. The van der Waals surface area contributed by atoms with Crippen LogP contribution in [0.4, 0.5) is 10.5 Å². The molecule has 0 atom stereocenters. The fourth-order valence-corrected chi connectivity index (χ4v) is 3.26. The van der Waals surface area contributed by atoms with Crippen molar-refractivity contribution in [2.75, 3.05) is 19.4 Å². The van der Waals surface area contributed by atoms with Gasteiger partial charge in [-0.05, 0) is 23.8 Å². The number of carbonyl (C=O) groups excluding carboxylic acids is 1. The summed E-state index contributed by atoms with van der Waals surface area (Å²) in [7, 11) is -0.112. The van der Waals surface area contributed by atoms with Gasteiger partial charge in [-0.15, -0.1) is 0 Å². The summed E-state index contributed by atoms with van der Waals surface area (Å²) in [5.41, 5.74) is 6.50. The van der Waals surface area contributed by atoms with Crippen LogP contribution in [-0.4, -0.2) is 33.4 Å². The molecular weight excluding hydrogens is 369 g/mol. The lowest BCUT2D eigenvalue weighted by atomic mass is 10.2. The first-order valence-electron chi connectivity index (χ1n) is 5.01. The molecule has 100 valence electrons. The van der Waals surface area contributed by atoms with Crippen molar-refractivity contribution in [3.63, 3.8) is 0 Å². The monoisotopic (exact) mass is 383 g/mol. The van der Waals surface area contributed by atoms with Gasteiger partial charge in [0.2, 0.25) is 7.01 Å². The zero-order chi connectivity index (χ0) is 13.9. The number of urea groups is 1. The smallest absolute Gasteiger partial charge is 0.321 e. The van der Waals surface area contributed by atoms with Gasteiger partial charge in [0.25, 0.3) is 0 Å². The number of hydrogen-bond donors (Lipinski definition) is 2. The highest BCUT2D eigenvalue weighted by atomic mass is 127. The van der Waals surface area contributed by atoms with E-state index in [9.17, 15) is 13.2 Å². The number of hydrogen-bond acceptors (Lipinski definition) is 4. The van der Waals surface area contributed by atoms with Crippen molar-refractivity contribution in [2.24, 2.45) is 5.73 Å². The van der Waals surface area contributed by atoms with E-state index in [2.05, 4.69) is 5.32 Å². The van der Waals surface area contributed by atoms with Crippen LogP contribution in [0.15, 0.2) is 23.1 Å². The Labute approximate surface area is 118 Å². The number of carbonyl (C=O) groups is 1. The van der Waals surface area contributed by atoms with Gasteiger partial charge in [0.05, 0.1) is 26.1 Å². The van der Waals surface area contributed by atoms with Crippen LogP contribution in [0.3, 0.4) is 0 Å². The van der Waals surface area contributed by atoms with Gasteiger partial charge in [0, 0.05) is 26.3 Å². The summed E-state index contributed by atoms with van der Waals surface area (Å²) in [6.45, 7) is 0.0865. The Kier molecular flexibility index (Phi) is 4.93. The molecule has 0 aliphatic heterocycles. The van der Waals surface area contributed by atoms with Crippen LogP contribution in [0.2, 0.25) is 0 Å². The van der Waals surface area contributed by atoms with E-state index in [-0.39, 0.29) is 17.5 Å². The van der Waals surface area contributed by atoms with Gasteiger partial charge in [-0.3, -0.25) is 0 Å². The lowest BCUT2D eigenvalue weighted by molar-refractivity contribution is 0.230. The summed E-state index contributed by atoms with van der Waals surface area (Å²) < 4.78 is 23.0. The number of rotatable bonds is 3. The van der Waals surface area contributed by atoms with Crippen LogP contribution in [0, 0.1) is 0 Å². The van der Waals surface area contributed by atoms with Crippen LogP contribution in [-0.2, 0) is 13.6 Å². The number of nitrogens with one attached hydrogen (secondary N) is 1. The van der Waals surface area contributed by atoms with E-state index in [1.165, 1.54) is 38.2 Å².